The molecule has 0 spiro atoms. The molecule has 1 aliphatic rings. The van der Waals surface area contributed by atoms with Gasteiger partial charge in [-0.15, -0.1) is 0 Å². The summed E-state index contributed by atoms with van der Waals surface area (Å²) in [4.78, 5) is 0. The first kappa shape index (κ1) is 16.3. The number of hydrogen-bond acceptors (Lipinski definition) is 3. The average Bonchev–Trinajstić information content (AvgIpc) is 2.46. The molecule has 1 aromatic carbocycles. The number of benzene rings is 1. The molecular formula is C16H26N2O2S. The van der Waals surface area contributed by atoms with Crippen molar-refractivity contribution in [3.8, 4) is 0 Å². The molecule has 4 nitrogen and oxygen atoms in total. The zero-order chi connectivity index (χ0) is 15.5. The highest BCUT2D eigenvalue weighted by Gasteiger charge is 2.31. The summed E-state index contributed by atoms with van der Waals surface area (Å²) in [6.07, 6.45) is 1.53. The normalized spacial score (nSPS) is 18.9. The number of fused-ring (bicyclic) bond motifs is 1. The monoisotopic (exact) mass is 310 g/mol. The Labute approximate surface area is 128 Å². The Morgan fingerprint density at radius 3 is 2.71 bits per heavy atom. The summed E-state index contributed by atoms with van der Waals surface area (Å²) in [7, 11) is -3.22. The lowest BCUT2D eigenvalue weighted by Crippen LogP contribution is -2.40. The summed E-state index contributed by atoms with van der Waals surface area (Å²) < 4.78 is 26.9. The number of rotatable bonds is 6. The highest BCUT2D eigenvalue weighted by Crippen LogP contribution is 2.35. The van der Waals surface area contributed by atoms with Crippen molar-refractivity contribution >= 4 is 15.7 Å². The minimum Gasteiger partial charge on any atom is -0.310 e. The van der Waals surface area contributed by atoms with Gasteiger partial charge in [0.15, 0.2) is 0 Å². The first-order chi connectivity index (χ1) is 9.95. The fraction of sp³-hybridized carbons (Fsp3) is 0.625. The molecule has 1 atom stereocenters. The number of anilines is 1. The Hall–Kier alpha value is -1.07. The number of hydrogen-bond donors (Lipinski definition) is 1. The molecule has 0 bridgehead atoms. The zero-order valence-corrected chi connectivity index (χ0v) is 14.0. The van der Waals surface area contributed by atoms with Gasteiger partial charge in [-0.25, -0.2) is 8.42 Å². The van der Waals surface area contributed by atoms with E-state index in [9.17, 15) is 8.42 Å². The SMILES string of the molecule is CCNC1CCN(S(=O)(=O)CCC(C)C)c2ccccc21. The molecule has 0 aromatic heterocycles. The van der Waals surface area contributed by atoms with Gasteiger partial charge in [0.1, 0.15) is 0 Å². The van der Waals surface area contributed by atoms with E-state index in [1.165, 1.54) is 0 Å². The largest absolute Gasteiger partial charge is 0.310 e. The first-order valence-electron chi connectivity index (χ1n) is 7.78. The zero-order valence-electron chi connectivity index (χ0n) is 13.2. The van der Waals surface area contributed by atoms with E-state index < -0.39 is 10.0 Å². The van der Waals surface area contributed by atoms with E-state index in [1.54, 1.807) is 4.31 Å². The number of sulfonamides is 1. The molecule has 1 N–H and O–H groups in total. The van der Waals surface area contributed by atoms with Crippen molar-refractivity contribution in [2.75, 3.05) is 23.1 Å². The summed E-state index contributed by atoms with van der Waals surface area (Å²) in [6, 6.07) is 8.10. The van der Waals surface area contributed by atoms with Crippen LogP contribution in [-0.4, -0.2) is 27.3 Å². The van der Waals surface area contributed by atoms with Gasteiger partial charge in [0, 0.05) is 12.6 Å². The minimum atomic E-state index is -3.22. The second kappa shape index (κ2) is 6.79. The van der Waals surface area contributed by atoms with E-state index in [1.807, 2.05) is 24.3 Å². The summed E-state index contributed by atoms with van der Waals surface area (Å²) in [5.41, 5.74) is 1.94. The second-order valence-corrected chi connectivity index (χ2v) is 8.04. The Morgan fingerprint density at radius 1 is 1.33 bits per heavy atom. The Bertz CT molecular complexity index is 569. The van der Waals surface area contributed by atoms with Crippen LogP contribution in [-0.2, 0) is 10.0 Å². The highest BCUT2D eigenvalue weighted by molar-refractivity contribution is 7.92. The van der Waals surface area contributed by atoms with Gasteiger partial charge in [0.2, 0.25) is 10.0 Å². The molecule has 1 aromatic rings. The van der Waals surface area contributed by atoms with Crippen LogP contribution in [0.4, 0.5) is 5.69 Å². The molecule has 118 valence electrons. The maximum Gasteiger partial charge on any atom is 0.235 e. The average molecular weight is 310 g/mol. The van der Waals surface area contributed by atoms with Crippen molar-refractivity contribution in [3.63, 3.8) is 0 Å². The third kappa shape index (κ3) is 3.77. The van der Waals surface area contributed by atoms with Crippen LogP contribution in [0, 0.1) is 5.92 Å². The van der Waals surface area contributed by atoms with Gasteiger partial charge < -0.3 is 5.32 Å². The van der Waals surface area contributed by atoms with E-state index in [4.69, 9.17) is 0 Å². The molecule has 0 radical (unpaired) electrons. The predicted molar refractivity (Wildman–Crippen MR) is 88.1 cm³/mol. The van der Waals surface area contributed by atoms with Crippen LogP contribution in [0.5, 0.6) is 0 Å². The standard InChI is InChI=1S/C16H26N2O2S/c1-4-17-15-9-11-18(16-8-6-5-7-14(15)16)21(19,20)12-10-13(2)3/h5-8,13,15,17H,4,9-12H2,1-3H3. The first-order valence-corrected chi connectivity index (χ1v) is 9.39. The van der Waals surface area contributed by atoms with E-state index >= 15 is 0 Å². The van der Waals surface area contributed by atoms with E-state index in [2.05, 4.69) is 26.1 Å². The van der Waals surface area contributed by atoms with Crippen LogP contribution >= 0.6 is 0 Å². The van der Waals surface area contributed by atoms with Crippen molar-refractivity contribution in [1.29, 1.82) is 0 Å². The molecule has 0 saturated heterocycles. The van der Waals surface area contributed by atoms with E-state index in [0.717, 1.165) is 24.2 Å². The summed E-state index contributed by atoms with van der Waals surface area (Å²) in [6.45, 7) is 7.64. The molecule has 0 aliphatic carbocycles. The smallest absolute Gasteiger partial charge is 0.235 e. The maximum atomic E-state index is 12.6. The molecule has 1 unspecified atom stereocenters. The lowest BCUT2D eigenvalue weighted by atomic mass is 9.98. The van der Waals surface area contributed by atoms with Crippen LogP contribution in [0.3, 0.4) is 0 Å². The molecule has 5 heteroatoms. The van der Waals surface area contributed by atoms with E-state index in [-0.39, 0.29) is 11.8 Å². The van der Waals surface area contributed by atoms with E-state index in [0.29, 0.717) is 18.9 Å². The Morgan fingerprint density at radius 2 is 2.05 bits per heavy atom. The molecule has 0 saturated carbocycles. The molecule has 1 heterocycles. The molecule has 0 fully saturated rings. The summed E-state index contributed by atoms with van der Waals surface area (Å²) in [5.74, 6) is 0.625. The second-order valence-electron chi connectivity index (χ2n) is 6.03. The number of para-hydroxylation sites is 1. The lowest BCUT2D eigenvalue weighted by Gasteiger charge is -2.35. The Balaban J connectivity index is 2.28. The fourth-order valence-electron chi connectivity index (χ4n) is 2.77. The van der Waals surface area contributed by atoms with Gasteiger partial charge in [-0.1, -0.05) is 39.0 Å². The highest BCUT2D eigenvalue weighted by atomic mass is 32.2. The van der Waals surface area contributed by atoms with Crippen LogP contribution < -0.4 is 9.62 Å². The summed E-state index contributed by atoms with van der Waals surface area (Å²) >= 11 is 0. The van der Waals surface area contributed by atoms with Gasteiger partial charge in [-0.2, -0.15) is 0 Å². The number of nitrogens with one attached hydrogen (secondary N) is 1. The molecule has 1 aliphatic heterocycles. The third-order valence-corrected chi connectivity index (χ3v) is 5.74. The quantitative estimate of drug-likeness (QED) is 0.879. The van der Waals surface area contributed by atoms with Gasteiger partial charge in [0.05, 0.1) is 11.4 Å². The van der Waals surface area contributed by atoms with Crippen LogP contribution in [0.1, 0.15) is 45.2 Å². The Kier molecular flexibility index (Phi) is 5.27. The van der Waals surface area contributed by atoms with Gasteiger partial charge >= 0.3 is 0 Å². The van der Waals surface area contributed by atoms with Gasteiger partial charge in [-0.05, 0) is 36.9 Å². The lowest BCUT2D eigenvalue weighted by molar-refractivity contribution is 0.500. The maximum absolute atomic E-state index is 12.6. The van der Waals surface area contributed by atoms with Crippen molar-refractivity contribution in [1.82, 2.24) is 5.32 Å². The third-order valence-electron chi connectivity index (χ3n) is 3.94. The minimum absolute atomic E-state index is 0.227. The van der Waals surface area contributed by atoms with Crippen LogP contribution in [0.2, 0.25) is 0 Å². The van der Waals surface area contributed by atoms with Crippen molar-refractivity contribution < 1.29 is 8.42 Å². The molecule has 0 amide bonds. The predicted octanol–water partition coefficient (Wildman–Crippen LogP) is 2.92. The topological polar surface area (TPSA) is 49.4 Å². The molecule has 2 rings (SSSR count). The van der Waals surface area contributed by atoms with Crippen molar-refractivity contribution in [3.05, 3.63) is 29.8 Å². The van der Waals surface area contributed by atoms with Gasteiger partial charge in [-0.3, -0.25) is 4.31 Å². The van der Waals surface area contributed by atoms with Crippen LogP contribution in [0.15, 0.2) is 24.3 Å². The van der Waals surface area contributed by atoms with Crippen molar-refractivity contribution in [2.24, 2.45) is 5.92 Å². The van der Waals surface area contributed by atoms with Crippen LogP contribution in [0.25, 0.3) is 0 Å². The summed E-state index contributed by atoms with van der Waals surface area (Å²) in [5, 5.41) is 3.44. The van der Waals surface area contributed by atoms with Gasteiger partial charge in [0.25, 0.3) is 0 Å². The number of nitrogens with zero attached hydrogens (tertiary/aromatic N) is 1. The molecular weight excluding hydrogens is 284 g/mol. The van der Waals surface area contributed by atoms with Crippen molar-refractivity contribution in [2.45, 2.75) is 39.7 Å². The molecule has 21 heavy (non-hydrogen) atoms. The fourth-order valence-corrected chi connectivity index (χ4v) is 4.61.